The molecule has 0 bridgehead atoms. The lowest BCUT2D eigenvalue weighted by molar-refractivity contribution is -0.130. The summed E-state index contributed by atoms with van der Waals surface area (Å²) < 4.78 is 7.22. The van der Waals surface area contributed by atoms with Gasteiger partial charge >= 0.3 is 5.97 Å². The number of hydrogen-bond acceptors (Lipinski definition) is 5. The van der Waals surface area contributed by atoms with Crippen molar-refractivity contribution >= 4 is 23.6 Å². The van der Waals surface area contributed by atoms with Crippen LogP contribution in [-0.4, -0.2) is 39.8 Å². The van der Waals surface area contributed by atoms with Crippen LogP contribution in [0.3, 0.4) is 0 Å². The van der Waals surface area contributed by atoms with Crippen LogP contribution in [0.4, 0.5) is 0 Å². The largest absolute Gasteiger partial charge is 0.448 e. The normalized spacial score (nSPS) is 20.4. The van der Waals surface area contributed by atoms with Gasteiger partial charge in [0.15, 0.2) is 17.0 Å². The molecule has 6 nitrogen and oxygen atoms in total. The Morgan fingerprint density at radius 1 is 1.25 bits per heavy atom. The van der Waals surface area contributed by atoms with Crippen molar-refractivity contribution in [1.82, 2.24) is 14.9 Å². The van der Waals surface area contributed by atoms with Crippen molar-refractivity contribution in [2.75, 3.05) is 6.26 Å². The van der Waals surface area contributed by atoms with Crippen LogP contribution in [0.25, 0.3) is 5.69 Å². The Balaban J connectivity index is 1.71. The fraction of sp³-hybridized carbons (Fsp3) is 0.476. The number of aromatic nitrogens is 2. The quantitative estimate of drug-likeness (QED) is 0.588. The molecule has 1 saturated carbocycles. The average molecular weight is 402 g/mol. The molecule has 3 atom stereocenters. The van der Waals surface area contributed by atoms with Gasteiger partial charge in [0.2, 0.25) is 0 Å². The maximum Gasteiger partial charge on any atom is 0.357 e. The molecule has 1 fully saturated rings. The minimum absolute atomic E-state index is 0.153. The summed E-state index contributed by atoms with van der Waals surface area (Å²) in [6.45, 7) is 3.77. The minimum Gasteiger partial charge on any atom is -0.448 e. The van der Waals surface area contributed by atoms with E-state index in [1.807, 2.05) is 36.6 Å². The Morgan fingerprint density at radius 3 is 2.64 bits per heavy atom. The number of nitrogens with zero attached hydrogens (tertiary/aromatic N) is 2. The van der Waals surface area contributed by atoms with Gasteiger partial charge in [0.05, 0.1) is 6.20 Å². The van der Waals surface area contributed by atoms with Crippen LogP contribution in [0, 0.1) is 5.92 Å². The third kappa shape index (κ3) is 4.58. The average Bonchev–Trinajstić information content (AvgIpc) is 3.14. The second-order valence-electron chi connectivity index (χ2n) is 7.23. The van der Waals surface area contributed by atoms with Gasteiger partial charge in [-0.3, -0.25) is 9.36 Å². The van der Waals surface area contributed by atoms with Gasteiger partial charge in [-0.15, -0.1) is 0 Å². The molecular formula is C21H27N3O3S. The number of carbonyl (C=O) groups excluding carboxylic acids is 2. The molecular weight excluding hydrogens is 374 g/mol. The van der Waals surface area contributed by atoms with Crippen molar-refractivity contribution < 1.29 is 14.3 Å². The van der Waals surface area contributed by atoms with Crippen molar-refractivity contribution in [1.29, 1.82) is 0 Å². The van der Waals surface area contributed by atoms with E-state index in [2.05, 4.69) is 17.2 Å². The highest BCUT2D eigenvalue weighted by molar-refractivity contribution is 7.98. The molecule has 1 aliphatic rings. The van der Waals surface area contributed by atoms with E-state index in [1.165, 1.54) is 24.4 Å². The molecule has 1 N–H and O–H groups in total. The van der Waals surface area contributed by atoms with Gasteiger partial charge < -0.3 is 10.1 Å². The number of imidazole rings is 1. The third-order valence-corrected chi connectivity index (χ3v) is 5.88. The first kappa shape index (κ1) is 20.5. The van der Waals surface area contributed by atoms with Crippen LogP contribution >= 0.6 is 11.8 Å². The molecule has 7 heteroatoms. The smallest absolute Gasteiger partial charge is 0.357 e. The molecule has 0 aliphatic heterocycles. The molecule has 3 rings (SSSR count). The SMILES string of the molecule is CSc1ncc(C(=O)O[C@H](C)C(=O)N[C@H]2CCCC[C@@H]2C)n1-c1ccccc1. The fourth-order valence-electron chi connectivity index (χ4n) is 3.55. The van der Waals surface area contributed by atoms with Crippen molar-refractivity contribution in [2.24, 2.45) is 5.92 Å². The molecule has 1 aromatic heterocycles. The molecule has 0 saturated heterocycles. The number of nitrogens with one attached hydrogen (secondary N) is 1. The van der Waals surface area contributed by atoms with E-state index in [9.17, 15) is 9.59 Å². The monoisotopic (exact) mass is 401 g/mol. The highest BCUT2D eigenvalue weighted by Gasteiger charge is 2.28. The first-order valence-corrected chi connectivity index (χ1v) is 10.9. The maximum atomic E-state index is 12.8. The number of hydrogen-bond donors (Lipinski definition) is 1. The van der Waals surface area contributed by atoms with Crippen LogP contribution < -0.4 is 5.32 Å². The number of esters is 1. The molecule has 28 heavy (non-hydrogen) atoms. The summed E-state index contributed by atoms with van der Waals surface area (Å²) in [5, 5.41) is 3.73. The molecule has 2 aromatic rings. The lowest BCUT2D eigenvalue weighted by atomic mass is 9.86. The molecule has 1 aliphatic carbocycles. The van der Waals surface area contributed by atoms with Crippen molar-refractivity contribution in [2.45, 2.75) is 56.8 Å². The molecule has 1 heterocycles. The van der Waals surface area contributed by atoms with E-state index in [1.54, 1.807) is 11.5 Å². The standard InChI is InChI=1S/C21H27N3O3S/c1-14-9-7-8-12-17(14)23-19(25)15(2)27-20(26)18-13-22-21(28-3)24(18)16-10-5-4-6-11-16/h4-6,10-11,13-15,17H,7-9,12H2,1-3H3,(H,23,25)/t14-,15+,17-/m0/s1. The lowest BCUT2D eigenvalue weighted by Crippen LogP contribution is -2.46. The Morgan fingerprint density at radius 2 is 1.96 bits per heavy atom. The summed E-state index contributed by atoms with van der Waals surface area (Å²) in [4.78, 5) is 29.6. The predicted molar refractivity (Wildman–Crippen MR) is 110 cm³/mol. The number of amides is 1. The molecule has 0 spiro atoms. The third-order valence-electron chi connectivity index (χ3n) is 5.23. The highest BCUT2D eigenvalue weighted by Crippen LogP contribution is 2.24. The summed E-state index contributed by atoms with van der Waals surface area (Å²) in [6, 6.07) is 9.67. The molecule has 1 amide bonds. The summed E-state index contributed by atoms with van der Waals surface area (Å²) in [5.41, 5.74) is 1.13. The van der Waals surface area contributed by atoms with Crippen molar-refractivity contribution in [3.63, 3.8) is 0 Å². The van der Waals surface area contributed by atoms with E-state index < -0.39 is 12.1 Å². The first-order valence-electron chi connectivity index (χ1n) is 9.69. The number of para-hydroxylation sites is 1. The van der Waals surface area contributed by atoms with Crippen LogP contribution in [0.1, 0.15) is 50.0 Å². The number of carbonyl (C=O) groups is 2. The van der Waals surface area contributed by atoms with E-state index >= 15 is 0 Å². The van der Waals surface area contributed by atoms with E-state index in [0.29, 0.717) is 16.8 Å². The van der Waals surface area contributed by atoms with Gasteiger partial charge in [0.1, 0.15) is 0 Å². The van der Waals surface area contributed by atoms with Crippen molar-refractivity contribution in [3.8, 4) is 5.69 Å². The van der Waals surface area contributed by atoms with E-state index in [-0.39, 0.29) is 11.9 Å². The summed E-state index contributed by atoms with van der Waals surface area (Å²) in [6.07, 6.45) is 6.96. The zero-order chi connectivity index (χ0) is 20.1. The first-order chi connectivity index (χ1) is 13.5. The highest BCUT2D eigenvalue weighted by atomic mass is 32.2. The number of rotatable bonds is 6. The second-order valence-corrected chi connectivity index (χ2v) is 8.00. The number of benzene rings is 1. The summed E-state index contributed by atoms with van der Waals surface area (Å²) in [7, 11) is 0. The van der Waals surface area contributed by atoms with Crippen LogP contribution in [0.15, 0.2) is 41.7 Å². The number of thioether (sulfide) groups is 1. The van der Waals surface area contributed by atoms with Gasteiger partial charge in [-0.25, -0.2) is 9.78 Å². The maximum absolute atomic E-state index is 12.8. The topological polar surface area (TPSA) is 73.2 Å². The predicted octanol–water partition coefficient (Wildman–Crippen LogP) is 3.83. The van der Waals surface area contributed by atoms with Gasteiger partial charge in [-0.2, -0.15) is 0 Å². The van der Waals surface area contributed by atoms with Crippen molar-refractivity contribution in [3.05, 3.63) is 42.2 Å². The molecule has 150 valence electrons. The van der Waals surface area contributed by atoms with Gasteiger partial charge in [-0.05, 0) is 44.1 Å². The van der Waals surface area contributed by atoms with Gasteiger partial charge in [0.25, 0.3) is 5.91 Å². The van der Waals surface area contributed by atoms with E-state index in [4.69, 9.17) is 4.74 Å². The second kappa shape index (κ2) is 9.28. The molecule has 1 aromatic carbocycles. The van der Waals surface area contributed by atoms with Crippen LogP contribution in [-0.2, 0) is 9.53 Å². The Kier molecular flexibility index (Phi) is 6.78. The van der Waals surface area contributed by atoms with Crippen LogP contribution in [0.2, 0.25) is 0 Å². The zero-order valence-corrected chi connectivity index (χ0v) is 17.4. The minimum atomic E-state index is -0.863. The fourth-order valence-corrected chi connectivity index (χ4v) is 4.10. The Bertz CT molecular complexity index is 822. The lowest BCUT2D eigenvalue weighted by Gasteiger charge is -2.30. The van der Waals surface area contributed by atoms with Gasteiger partial charge in [0, 0.05) is 11.7 Å². The molecule has 0 unspecified atom stereocenters. The van der Waals surface area contributed by atoms with Gasteiger partial charge in [-0.1, -0.05) is 49.7 Å². The van der Waals surface area contributed by atoms with Crippen LogP contribution in [0.5, 0.6) is 0 Å². The van der Waals surface area contributed by atoms with E-state index in [0.717, 1.165) is 24.9 Å². The number of ether oxygens (including phenoxy) is 1. The zero-order valence-electron chi connectivity index (χ0n) is 16.6. The summed E-state index contributed by atoms with van der Waals surface area (Å²) in [5.74, 6) is -0.358. The Labute approximate surface area is 170 Å². The summed E-state index contributed by atoms with van der Waals surface area (Å²) >= 11 is 1.44. The Hall–Kier alpha value is -2.28. The molecule has 0 radical (unpaired) electrons.